The maximum atomic E-state index is 11.6. The molecule has 0 radical (unpaired) electrons. The van der Waals surface area contributed by atoms with Gasteiger partial charge in [0.2, 0.25) is 0 Å². The van der Waals surface area contributed by atoms with Crippen molar-refractivity contribution in [3.8, 4) is 0 Å². The largest absolute Gasteiger partial charge is 0.550 e. The van der Waals surface area contributed by atoms with Crippen molar-refractivity contribution in [1.29, 1.82) is 0 Å². The standard InChI is InChI=1S/C20H38O5.2C8H17.Sn/c1-3-5-7-9-11-13-15-20(19(23)24,17-18(21)22)25-16-14-12-10-8-6-4-2;2*1-4-6-7-8(3)5-2;/h3-17H2,1-2H3,(H,21,22)(H,23,24);2*8H,3-7H2,1-2H3;/q;;;+2/p-2. The molecule has 248 valence electrons. The van der Waals surface area contributed by atoms with E-state index in [0.717, 1.165) is 56.8 Å². The maximum Gasteiger partial charge on any atom is 0.113 e. The molecule has 0 spiro atoms. The van der Waals surface area contributed by atoms with Crippen LogP contribution in [0.4, 0.5) is 0 Å². The average Bonchev–Trinajstić information content (AvgIpc) is 2.97. The summed E-state index contributed by atoms with van der Waals surface area (Å²) in [5.41, 5.74) is -1.74. The molecule has 0 aromatic heterocycles. The summed E-state index contributed by atoms with van der Waals surface area (Å²) in [4.78, 5) is 22.6. The van der Waals surface area contributed by atoms with Crippen LogP contribution in [0.5, 0.6) is 0 Å². The number of aliphatic carboxylic acids is 2. The van der Waals surface area contributed by atoms with Gasteiger partial charge in [0.1, 0.15) is 5.60 Å². The summed E-state index contributed by atoms with van der Waals surface area (Å²) in [6.07, 6.45) is 23.4. The number of ether oxygens (including phenoxy) is 1. The van der Waals surface area contributed by atoms with Gasteiger partial charge in [-0.15, -0.1) is 0 Å². The molecule has 0 aromatic carbocycles. The van der Waals surface area contributed by atoms with Crippen LogP contribution in [-0.4, -0.2) is 45.3 Å². The number of rotatable bonds is 30. The van der Waals surface area contributed by atoms with E-state index in [9.17, 15) is 19.8 Å². The number of hydrogen-bond acceptors (Lipinski definition) is 5. The molecular formula is C36H70O5Sn. The van der Waals surface area contributed by atoms with E-state index < -0.39 is 24.0 Å². The first-order valence-corrected chi connectivity index (χ1v) is 22.1. The van der Waals surface area contributed by atoms with E-state index in [-0.39, 0.29) is 34.2 Å². The number of hydrogen-bond donors (Lipinski definition) is 0. The molecule has 0 amide bonds. The molecular weight excluding hydrogens is 631 g/mol. The van der Waals surface area contributed by atoms with Crippen molar-refractivity contribution in [2.45, 2.75) is 197 Å². The molecule has 0 heterocycles. The Morgan fingerprint density at radius 2 is 1.05 bits per heavy atom. The molecule has 0 fully saturated rings. The molecule has 0 bridgehead atoms. The summed E-state index contributed by atoms with van der Waals surface area (Å²) in [5.74, 6) is -0.662. The van der Waals surface area contributed by atoms with Gasteiger partial charge >= 0.3 is 121 Å². The van der Waals surface area contributed by atoms with Crippen LogP contribution in [0, 0.1) is 11.8 Å². The smallest absolute Gasteiger partial charge is 0.113 e. The van der Waals surface area contributed by atoms with Gasteiger partial charge in [-0.2, -0.15) is 0 Å². The fourth-order valence-electron chi connectivity index (χ4n) is 5.40. The number of carboxylic acids is 2. The van der Waals surface area contributed by atoms with Crippen molar-refractivity contribution >= 4 is 33.1 Å². The van der Waals surface area contributed by atoms with Crippen LogP contribution in [0.25, 0.3) is 0 Å². The fraction of sp³-hybridized carbons (Fsp3) is 0.944. The van der Waals surface area contributed by atoms with Crippen molar-refractivity contribution in [3.05, 3.63) is 0 Å². The van der Waals surface area contributed by atoms with Crippen LogP contribution in [0.15, 0.2) is 0 Å². The fourth-order valence-corrected chi connectivity index (χ4v) is 11.0. The second-order valence-electron chi connectivity index (χ2n) is 12.5. The molecule has 0 rings (SSSR count). The Labute approximate surface area is 272 Å². The van der Waals surface area contributed by atoms with Gasteiger partial charge in [0.15, 0.2) is 0 Å². The Morgan fingerprint density at radius 3 is 1.45 bits per heavy atom. The van der Waals surface area contributed by atoms with E-state index in [1.54, 1.807) is 8.87 Å². The third-order valence-corrected chi connectivity index (χ3v) is 13.5. The van der Waals surface area contributed by atoms with E-state index in [2.05, 4.69) is 41.5 Å². The van der Waals surface area contributed by atoms with Crippen LogP contribution in [-0.2, 0) is 14.3 Å². The predicted octanol–water partition coefficient (Wildman–Crippen LogP) is 8.70. The first kappa shape index (κ1) is 43.8. The van der Waals surface area contributed by atoms with Crippen molar-refractivity contribution in [2.75, 3.05) is 6.61 Å². The summed E-state index contributed by atoms with van der Waals surface area (Å²) < 4.78 is 8.86. The Kier molecular flexibility index (Phi) is 33.5. The molecule has 3 unspecified atom stereocenters. The minimum Gasteiger partial charge on any atom is -0.550 e. The molecule has 3 atom stereocenters. The molecule has 0 saturated heterocycles. The van der Waals surface area contributed by atoms with Crippen LogP contribution in [0.3, 0.4) is 0 Å². The first-order chi connectivity index (χ1) is 20.3. The average molecular weight is 702 g/mol. The summed E-state index contributed by atoms with van der Waals surface area (Å²) in [7, 11) is 0. The van der Waals surface area contributed by atoms with Gasteiger partial charge in [-0.1, -0.05) is 84.5 Å². The number of carboxylic acid groups (broad SMARTS) is 2. The van der Waals surface area contributed by atoms with E-state index >= 15 is 0 Å². The molecule has 42 heavy (non-hydrogen) atoms. The Bertz CT molecular complexity index is 583. The summed E-state index contributed by atoms with van der Waals surface area (Å²) >= 11 is -0.0388. The predicted molar refractivity (Wildman–Crippen MR) is 177 cm³/mol. The number of unbranched alkanes of at least 4 members (excludes halogenated alkanes) is 12. The van der Waals surface area contributed by atoms with Crippen molar-refractivity contribution in [2.24, 2.45) is 11.8 Å². The van der Waals surface area contributed by atoms with Gasteiger partial charge in [-0.25, -0.2) is 0 Å². The van der Waals surface area contributed by atoms with Crippen LogP contribution >= 0.6 is 0 Å². The minimum atomic E-state index is -1.74. The Hall–Kier alpha value is -0.301. The van der Waals surface area contributed by atoms with Crippen molar-refractivity contribution < 1.29 is 24.5 Å². The monoisotopic (exact) mass is 702 g/mol. The van der Waals surface area contributed by atoms with Crippen LogP contribution < -0.4 is 10.2 Å². The van der Waals surface area contributed by atoms with Gasteiger partial charge in [0.05, 0.1) is 5.97 Å². The van der Waals surface area contributed by atoms with E-state index in [1.165, 1.54) is 77.0 Å². The minimum absolute atomic E-state index is 0.0388. The molecule has 5 nitrogen and oxygen atoms in total. The molecule has 0 aliphatic carbocycles. The van der Waals surface area contributed by atoms with E-state index in [0.29, 0.717) is 6.42 Å². The molecule has 0 N–H and O–H groups in total. The SMILES string of the molecule is CCCCC(CC)[CH2][Sn+2][CH2]C(CC)CCCC.CCCCCCCCOC(CCCCCCCC)(CC(=O)[O-])C(=O)[O-]. The van der Waals surface area contributed by atoms with Gasteiger partial charge in [0.25, 0.3) is 0 Å². The van der Waals surface area contributed by atoms with Crippen molar-refractivity contribution in [3.63, 3.8) is 0 Å². The van der Waals surface area contributed by atoms with E-state index in [4.69, 9.17) is 4.74 Å². The third kappa shape index (κ3) is 26.1. The molecule has 0 saturated carbocycles. The zero-order chi connectivity index (χ0) is 31.9. The molecule has 0 aliphatic rings. The van der Waals surface area contributed by atoms with E-state index in [1.807, 2.05) is 0 Å². The first-order valence-electron chi connectivity index (χ1n) is 18.0. The summed E-state index contributed by atoms with van der Waals surface area (Å²) in [6, 6.07) is 0. The molecule has 0 aromatic rings. The normalized spacial score (nSPS) is 13.9. The topological polar surface area (TPSA) is 89.5 Å². The van der Waals surface area contributed by atoms with Gasteiger partial charge in [0, 0.05) is 19.0 Å². The van der Waals surface area contributed by atoms with Gasteiger partial charge in [-0.3, -0.25) is 0 Å². The van der Waals surface area contributed by atoms with Crippen LogP contribution in [0.2, 0.25) is 8.87 Å². The van der Waals surface area contributed by atoms with Crippen LogP contribution in [0.1, 0.15) is 183 Å². The second kappa shape index (κ2) is 32.1. The summed E-state index contributed by atoms with van der Waals surface area (Å²) in [5, 5.41) is 22.6. The number of carbonyl (C=O) groups excluding carboxylic acids is 2. The molecule has 0 aliphatic heterocycles. The number of carbonyl (C=O) groups is 2. The summed E-state index contributed by atoms with van der Waals surface area (Å²) in [6.45, 7) is 14.0. The van der Waals surface area contributed by atoms with Gasteiger partial charge in [-0.05, 0) is 12.8 Å². The van der Waals surface area contributed by atoms with Crippen molar-refractivity contribution in [1.82, 2.24) is 0 Å². The third-order valence-electron chi connectivity index (χ3n) is 8.56. The zero-order valence-corrected chi connectivity index (χ0v) is 31.7. The second-order valence-corrected chi connectivity index (χ2v) is 16.2. The van der Waals surface area contributed by atoms with Gasteiger partial charge < -0.3 is 24.5 Å². The maximum absolute atomic E-state index is 11.6. The molecule has 6 heteroatoms. The Balaban J connectivity index is 0. The quantitative estimate of drug-likeness (QED) is 0.0552. The zero-order valence-electron chi connectivity index (χ0n) is 28.9. The Morgan fingerprint density at radius 1 is 0.619 bits per heavy atom.